The topological polar surface area (TPSA) is 93.8 Å². The van der Waals surface area contributed by atoms with Gasteiger partial charge in [0.1, 0.15) is 0 Å². The Morgan fingerprint density at radius 2 is 1.86 bits per heavy atom. The Labute approximate surface area is 126 Å². The maximum atomic E-state index is 12.0. The summed E-state index contributed by atoms with van der Waals surface area (Å²) in [6, 6.07) is 0. The number of amides is 1. The molecular weight excluding hydrogens is 266 g/mol. The molecule has 118 valence electrons. The van der Waals surface area contributed by atoms with Crippen LogP contribution < -0.4 is 11.1 Å². The van der Waals surface area contributed by atoms with E-state index in [1.807, 2.05) is 13.8 Å². The van der Waals surface area contributed by atoms with Gasteiger partial charge in [0.2, 0.25) is 11.9 Å². The van der Waals surface area contributed by atoms with Crippen LogP contribution in [0.3, 0.4) is 0 Å². The minimum absolute atomic E-state index is 0.0980. The number of anilines is 1. The first kappa shape index (κ1) is 17.5. The number of hydrogen-bond donors (Lipinski definition) is 2. The van der Waals surface area contributed by atoms with Crippen LogP contribution in [0.25, 0.3) is 0 Å². The van der Waals surface area contributed by atoms with Crippen molar-refractivity contribution >= 4 is 11.9 Å². The molecule has 0 saturated carbocycles. The SMILES string of the molecule is CCc1nnc(NC(=O)C[C@@H](CN)CC(C)C)nc1CC. The van der Waals surface area contributed by atoms with E-state index in [-0.39, 0.29) is 17.8 Å². The fourth-order valence-corrected chi connectivity index (χ4v) is 2.36. The lowest BCUT2D eigenvalue weighted by Gasteiger charge is -2.16. The van der Waals surface area contributed by atoms with Crippen LogP contribution in [0.15, 0.2) is 0 Å². The van der Waals surface area contributed by atoms with Crippen molar-refractivity contribution in [3.63, 3.8) is 0 Å². The summed E-state index contributed by atoms with van der Waals surface area (Å²) in [4.78, 5) is 16.4. The largest absolute Gasteiger partial charge is 0.330 e. The molecule has 0 radical (unpaired) electrons. The number of nitrogens with two attached hydrogens (primary N) is 1. The molecule has 0 saturated heterocycles. The highest BCUT2D eigenvalue weighted by Gasteiger charge is 2.15. The summed E-state index contributed by atoms with van der Waals surface area (Å²) in [5, 5.41) is 10.8. The van der Waals surface area contributed by atoms with E-state index in [0.29, 0.717) is 18.9 Å². The number of aromatic nitrogens is 3. The van der Waals surface area contributed by atoms with Crippen molar-refractivity contribution in [3.8, 4) is 0 Å². The van der Waals surface area contributed by atoms with E-state index < -0.39 is 0 Å². The molecule has 0 bridgehead atoms. The molecule has 0 aliphatic carbocycles. The molecule has 0 aromatic carbocycles. The molecule has 0 spiro atoms. The van der Waals surface area contributed by atoms with E-state index in [0.717, 1.165) is 30.7 Å². The maximum absolute atomic E-state index is 12.0. The van der Waals surface area contributed by atoms with Crippen molar-refractivity contribution in [2.75, 3.05) is 11.9 Å². The fraction of sp³-hybridized carbons (Fsp3) is 0.733. The molecule has 1 heterocycles. The zero-order chi connectivity index (χ0) is 15.8. The van der Waals surface area contributed by atoms with E-state index in [9.17, 15) is 4.79 Å². The Bertz CT molecular complexity index is 461. The van der Waals surface area contributed by atoms with E-state index >= 15 is 0 Å². The van der Waals surface area contributed by atoms with Crippen molar-refractivity contribution in [1.29, 1.82) is 0 Å². The van der Waals surface area contributed by atoms with E-state index in [1.54, 1.807) is 0 Å². The smallest absolute Gasteiger partial charge is 0.249 e. The first-order valence-electron chi connectivity index (χ1n) is 7.72. The maximum Gasteiger partial charge on any atom is 0.249 e. The van der Waals surface area contributed by atoms with Gasteiger partial charge in [-0.3, -0.25) is 10.1 Å². The highest BCUT2D eigenvalue weighted by molar-refractivity contribution is 5.89. The lowest BCUT2D eigenvalue weighted by molar-refractivity contribution is -0.117. The summed E-state index contributed by atoms with van der Waals surface area (Å²) in [6.07, 6.45) is 2.91. The second-order valence-corrected chi connectivity index (χ2v) is 5.72. The lowest BCUT2D eigenvalue weighted by atomic mass is 9.94. The van der Waals surface area contributed by atoms with Crippen LogP contribution in [0.5, 0.6) is 0 Å². The Kier molecular flexibility index (Phi) is 7.22. The van der Waals surface area contributed by atoms with Crippen molar-refractivity contribution in [2.45, 2.75) is 53.4 Å². The van der Waals surface area contributed by atoms with Crippen LogP contribution >= 0.6 is 0 Å². The summed E-state index contributed by atoms with van der Waals surface area (Å²) in [5.74, 6) is 0.909. The van der Waals surface area contributed by atoms with Crippen LogP contribution in [0.4, 0.5) is 5.95 Å². The predicted molar refractivity (Wildman–Crippen MR) is 83.8 cm³/mol. The van der Waals surface area contributed by atoms with Crippen molar-refractivity contribution in [1.82, 2.24) is 15.2 Å². The molecule has 21 heavy (non-hydrogen) atoms. The third-order valence-electron chi connectivity index (χ3n) is 3.37. The van der Waals surface area contributed by atoms with Gasteiger partial charge in [0.15, 0.2) is 0 Å². The lowest BCUT2D eigenvalue weighted by Crippen LogP contribution is -2.24. The van der Waals surface area contributed by atoms with Gasteiger partial charge < -0.3 is 5.73 Å². The first-order chi connectivity index (χ1) is 9.99. The quantitative estimate of drug-likeness (QED) is 0.764. The summed E-state index contributed by atoms with van der Waals surface area (Å²) in [7, 11) is 0. The molecule has 1 amide bonds. The van der Waals surface area contributed by atoms with Crippen molar-refractivity contribution in [2.24, 2.45) is 17.6 Å². The van der Waals surface area contributed by atoms with Gasteiger partial charge in [0, 0.05) is 6.42 Å². The molecule has 1 aromatic heterocycles. The second-order valence-electron chi connectivity index (χ2n) is 5.72. The Morgan fingerprint density at radius 3 is 2.38 bits per heavy atom. The van der Waals surface area contributed by atoms with E-state index in [4.69, 9.17) is 5.73 Å². The highest BCUT2D eigenvalue weighted by Crippen LogP contribution is 2.15. The number of carbonyl (C=O) groups is 1. The van der Waals surface area contributed by atoms with Crippen LogP contribution in [-0.2, 0) is 17.6 Å². The fourth-order valence-electron chi connectivity index (χ4n) is 2.36. The van der Waals surface area contributed by atoms with Gasteiger partial charge in [-0.05, 0) is 37.6 Å². The van der Waals surface area contributed by atoms with Gasteiger partial charge in [-0.1, -0.05) is 27.7 Å². The average Bonchev–Trinajstić information content (AvgIpc) is 2.45. The zero-order valence-electron chi connectivity index (χ0n) is 13.5. The standard InChI is InChI=1S/C15H27N5O/c1-5-12-13(6-2)19-20-15(17-12)18-14(21)8-11(9-16)7-10(3)4/h10-11H,5-9,16H2,1-4H3,(H,17,18,20,21)/t11-/m0/s1. The number of rotatable bonds is 8. The second kappa shape index (κ2) is 8.67. The third kappa shape index (κ3) is 5.75. The molecule has 6 nitrogen and oxygen atoms in total. The van der Waals surface area contributed by atoms with Gasteiger partial charge >= 0.3 is 0 Å². The van der Waals surface area contributed by atoms with Gasteiger partial charge in [0.25, 0.3) is 0 Å². The molecule has 3 N–H and O–H groups in total. The van der Waals surface area contributed by atoms with Crippen LogP contribution in [0.2, 0.25) is 0 Å². The van der Waals surface area contributed by atoms with E-state index in [1.165, 1.54) is 0 Å². The van der Waals surface area contributed by atoms with Crippen LogP contribution in [0, 0.1) is 11.8 Å². The Balaban J connectivity index is 2.65. The van der Waals surface area contributed by atoms with Crippen LogP contribution in [0.1, 0.15) is 51.9 Å². The van der Waals surface area contributed by atoms with Crippen molar-refractivity contribution < 1.29 is 4.79 Å². The molecule has 0 aliphatic heterocycles. The number of nitrogens with one attached hydrogen (secondary N) is 1. The van der Waals surface area contributed by atoms with Gasteiger partial charge in [-0.15, -0.1) is 10.2 Å². The molecule has 1 atom stereocenters. The van der Waals surface area contributed by atoms with Gasteiger partial charge in [0.05, 0.1) is 11.4 Å². The summed E-state index contributed by atoms with van der Waals surface area (Å²) < 4.78 is 0. The highest BCUT2D eigenvalue weighted by atomic mass is 16.1. The van der Waals surface area contributed by atoms with E-state index in [2.05, 4.69) is 34.3 Å². The molecule has 0 unspecified atom stereocenters. The number of hydrogen-bond acceptors (Lipinski definition) is 5. The zero-order valence-corrected chi connectivity index (χ0v) is 13.5. The number of nitrogens with zero attached hydrogens (tertiary/aromatic N) is 3. The number of aryl methyl sites for hydroxylation is 2. The normalized spacial score (nSPS) is 12.5. The molecule has 1 rings (SSSR count). The Morgan fingerprint density at radius 1 is 1.19 bits per heavy atom. The summed E-state index contributed by atoms with van der Waals surface area (Å²) >= 11 is 0. The first-order valence-corrected chi connectivity index (χ1v) is 7.72. The average molecular weight is 293 g/mol. The summed E-state index contributed by atoms with van der Waals surface area (Å²) in [5.41, 5.74) is 7.50. The van der Waals surface area contributed by atoms with Crippen molar-refractivity contribution in [3.05, 3.63) is 11.4 Å². The molecule has 0 fully saturated rings. The number of carbonyl (C=O) groups excluding carboxylic acids is 1. The molecule has 1 aromatic rings. The predicted octanol–water partition coefficient (Wildman–Crippen LogP) is 1.95. The summed E-state index contributed by atoms with van der Waals surface area (Å²) in [6.45, 7) is 8.80. The monoisotopic (exact) mass is 293 g/mol. The molecule has 0 aliphatic rings. The Hall–Kier alpha value is -1.56. The third-order valence-corrected chi connectivity index (χ3v) is 3.37. The minimum Gasteiger partial charge on any atom is -0.330 e. The minimum atomic E-state index is -0.0980. The molecular formula is C15H27N5O. The van der Waals surface area contributed by atoms with Gasteiger partial charge in [-0.2, -0.15) is 0 Å². The van der Waals surface area contributed by atoms with Crippen LogP contribution in [-0.4, -0.2) is 27.6 Å². The van der Waals surface area contributed by atoms with Gasteiger partial charge in [-0.25, -0.2) is 4.98 Å². The molecule has 6 heteroatoms.